The summed E-state index contributed by atoms with van der Waals surface area (Å²) in [5, 5.41) is 18.2. The third-order valence-electron chi connectivity index (χ3n) is 3.01. The highest BCUT2D eigenvalue weighted by Crippen LogP contribution is 2.14. The molecule has 0 fully saturated rings. The van der Waals surface area contributed by atoms with Crippen LogP contribution in [0.2, 0.25) is 0 Å². The van der Waals surface area contributed by atoms with Crippen LogP contribution in [0.15, 0.2) is 24.3 Å². The van der Waals surface area contributed by atoms with Crippen LogP contribution in [0.5, 0.6) is 5.75 Å². The Balaban J connectivity index is 2.12. The van der Waals surface area contributed by atoms with E-state index in [0.717, 1.165) is 11.3 Å². The molecule has 0 bridgehead atoms. The molecule has 0 saturated carbocycles. The molecule has 0 amide bonds. The summed E-state index contributed by atoms with van der Waals surface area (Å²) in [7, 11) is 1.63. The minimum Gasteiger partial charge on any atom is -0.497 e. The monoisotopic (exact) mass is 284 g/mol. The second-order valence-corrected chi connectivity index (χ2v) is 5.08. The summed E-state index contributed by atoms with van der Waals surface area (Å²) < 4.78 is 16.0. The molecule has 0 unspecified atom stereocenters. The molecule has 20 heavy (non-hydrogen) atoms. The fourth-order valence-electron chi connectivity index (χ4n) is 1.49. The van der Waals surface area contributed by atoms with E-state index < -0.39 is 5.41 Å². The summed E-state index contributed by atoms with van der Waals surface area (Å²) >= 11 is 0. The molecule has 5 heteroatoms. The molecule has 5 nitrogen and oxygen atoms in total. The van der Waals surface area contributed by atoms with Crippen molar-refractivity contribution < 1.29 is 24.4 Å². The highest BCUT2D eigenvalue weighted by atomic mass is 16.5. The summed E-state index contributed by atoms with van der Waals surface area (Å²) in [6, 6.07) is 7.69. The Morgan fingerprint density at radius 3 is 2.15 bits per heavy atom. The number of hydrogen-bond acceptors (Lipinski definition) is 5. The first-order chi connectivity index (χ1) is 9.63. The maximum absolute atomic E-state index is 9.10. The Labute approximate surface area is 120 Å². The molecule has 0 atom stereocenters. The van der Waals surface area contributed by atoms with Gasteiger partial charge in [-0.1, -0.05) is 19.1 Å². The predicted octanol–water partition coefficient (Wildman–Crippen LogP) is 1.22. The smallest absolute Gasteiger partial charge is 0.118 e. The second-order valence-electron chi connectivity index (χ2n) is 5.08. The van der Waals surface area contributed by atoms with E-state index in [0.29, 0.717) is 26.4 Å². The minimum absolute atomic E-state index is 0.101. The van der Waals surface area contributed by atoms with Crippen molar-refractivity contribution in [3.8, 4) is 5.75 Å². The van der Waals surface area contributed by atoms with E-state index in [4.69, 9.17) is 24.4 Å². The highest BCUT2D eigenvalue weighted by Gasteiger charge is 2.22. The van der Waals surface area contributed by atoms with Crippen LogP contribution in [0.4, 0.5) is 0 Å². The zero-order chi connectivity index (χ0) is 14.8. The largest absolute Gasteiger partial charge is 0.497 e. The number of rotatable bonds is 10. The molecule has 114 valence electrons. The zero-order valence-corrected chi connectivity index (χ0v) is 12.2. The molecule has 1 aromatic carbocycles. The first kappa shape index (κ1) is 16.9. The van der Waals surface area contributed by atoms with Crippen molar-refractivity contribution in [1.82, 2.24) is 0 Å². The lowest BCUT2D eigenvalue weighted by Crippen LogP contribution is -2.32. The molecular formula is C15H24O5. The van der Waals surface area contributed by atoms with Crippen LogP contribution in [0.1, 0.15) is 12.5 Å². The van der Waals surface area contributed by atoms with Crippen LogP contribution in [0.25, 0.3) is 0 Å². The quantitative estimate of drug-likeness (QED) is 0.632. The number of ether oxygens (including phenoxy) is 3. The SMILES string of the molecule is COc1ccc(COCCOCC(C)(CO)CO)cc1. The van der Waals surface area contributed by atoms with E-state index in [1.807, 2.05) is 24.3 Å². The maximum atomic E-state index is 9.10. The average molecular weight is 284 g/mol. The standard InChI is InChI=1S/C15H24O5/c1-15(10-16,11-17)12-20-8-7-19-9-13-3-5-14(18-2)6-4-13/h3-6,16-17H,7-12H2,1-2H3. The fraction of sp³-hybridized carbons (Fsp3) is 0.600. The van der Waals surface area contributed by atoms with E-state index in [2.05, 4.69) is 0 Å². The van der Waals surface area contributed by atoms with Gasteiger partial charge in [-0.2, -0.15) is 0 Å². The second kappa shape index (κ2) is 8.92. The van der Waals surface area contributed by atoms with Crippen molar-refractivity contribution in [3.63, 3.8) is 0 Å². The van der Waals surface area contributed by atoms with Crippen LogP contribution >= 0.6 is 0 Å². The van der Waals surface area contributed by atoms with Gasteiger partial charge in [-0.3, -0.25) is 0 Å². The molecule has 0 saturated heterocycles. The van der Waals surface area contributed by atoms with Gasteiger partial charge in [-0.25, -0.2) is 0 Å². The lowest BCUT2D eigenvalue weighted by molar-refractivity contribution is -0.0346. The maximum Gasteiger partial charge on any atom is 0.118 e. The fourth-order valence-corrected chi connectivity index (χ4v) is 1.49. The van der Waals surface area contributed by atoms with Crippen LogP contribution < -0.4 is 4.74 Å². The van der Waals surface area contributed by atoms with Gasteiger partial charge in [0.2, 0.25) is 0 Å². The third kappa shape index (κ3) is 5.88. The summed E-state index contributed by atoms with van der Waals surface area (Å²) in [6.45, 7) is 3.30. The third-order valence-corrected chi connectivity index (χ3v) is 3.01. The van der Waals surface area contributed by atoms with Gasteiger partial charge in [-0.05, 0) is 17.7 Å². The van der Waals surface area contributed by atoms with Gasteiger partial charge in [0.1, 0.15) is 5.75 Å². The normalized spacial score (nSPS) is 11.6. The molecule has 0 aliphatic rings. The topological polar surface area (TPSA) is 68.2 Å². The molecular weight excluding hydrogens is 260 g/mol. The molecule has 0 radical (unpaired) electrons. The van der Waals surface area contributed by atoms with Crippen LogP contribution in [0, 0.1) is 5.41 Å². The van der Waals surface area contributed by atoms with Gasteiger partial charge >= 0.3 is 0 Å². The molecule has 0 spiro atoms. The summed E-state index contributed by atoms with van der Waals surface area (Å²) in [4.78, 5) is 0. The first-order valence-electron chi connectivity index (χ1n) is 6.64. The molecule has 1 aromatic rings. The minimum atomic E-state index is -0.587. The Bertz CT molecular complexity index is 359. The lowest BCUT2D eigenvalue weighted by atomic mass is 9.95. The zero-order valence-electron chi connectivity index (χ0n) is 12.2. The molecule has 0 heterocycles. The van der Waals surface area contributed by atoms with E-state index in [9.17, 15) is 0 Å². The Morgan fingerprint density at radius 2 is 1.60 bits per heavy atom. The van der Waals surface area contributed by atoms with E-state index in [1.54, 1.807) is 14.0 Å². The summed E-state index contributed by atoms with van der Waals surface area (Å²) in [6.07, 6.45) is 0. The van der Waals surface area contributed by atoms with Crippen LogP contribution in [0.3, 0.4) is 0 Å². The van der Waals surface area contributed by atoms with Crippen LogP contribution in [-0.2, 0) is 16.1 Å². The van der Waals surface area contributed by atoms with Crippen molar-refractivity contribution in [2.45, 2.75) is 13.5 Å². The highest BCUT2D eigenvalue weighted by molar-refractivity contribution is 5.26. The average Bonchev–Trinajstić information content (AvgIpc) is 2.51. The summed E-state index contributed by atoms with van der Waals surface area (Å²) in [5.41, 5.74) is 0.483. The van der Waals surface area contributed by atoms with Crippen molar-refractivity contribution in [1.29, 1.82) is 0 Å². The number of aliphatic hydroxyl groups excluding tert-OH is 2. The van der Waals surface area contributed by atoms with E-state index in [-0.39, 0.29) is 13.2 Å². The predicted molar refractivity (Wildman–Crippen MR) is 75.7 cm³/mol. The van der Waals surface area contributed by atoms with Crippen molar-refractivity contribution in [2.75, 3.05) is 40.1 Å². The number of hydrogen-bond donors (Lipinski definition) is 2. The summed E-state index contributed by atoms with van der Waals surface area (Å²) in [5.74, 6) is 0.823. The van der Waals surface area contributed by atoms with Crippen molar-refractivity contribution in [2.24, 2.45) is 5.41 Å². The molecule has 0 aromatic heterocycles. The number of benzene rings is 1. The Kier molecular flexibility index (Phi) is 7.54. The van der Waals surface area contributed by atoms with Gasteiger partial charge in [0.15, 0.2) is 0 Å². The molecule has 0 aliphatic carbocycles. The van der Waals surface area contributed by atoms with Crippen molar-refractivity contribution in [3.05, 3.63) is 29.8 Å². The van der Waals surface area contributed by atoms with Gasteiger partial charge in [0, 0.05) is 5.41 Å². The van der Waals surface area contributed by atoms with Crippen LogP contribution in [-0.4, -0.2) is 50.4 Å². The van der Waals surface area contributed by atoms with Gasteiger partial charge in [0.25, 0.3) is 0 Å². The van der Waals surface area contributed by atoms with Crippen molar-refractivity contribution >= 4 is 0 Å². The molecule has 2 N–H and O–H groups in total. The molecule has 0 aliphatic heterocycles. The van der Waals surface area contributed by atoms with E-state index >= 15 is 0 Å². The molecule has 1 rings (SSSR count). The Hall–Kier alpha value is -1.14. The number of aliphatic hydroxyl groups is 2. The van der Waals surface area contributed by atoms with E-state index in [1.165, 1.54) is 0 Å². The van der Waals surface area contributed by atoms with Gasteiger partial charge in [-0.15, -0.1) is 0 Å². The Morgan fingerprint density at radius 1 is 1.00 bits per heavy atom. The van der Waals surface area contributed by atoms with Gasteiger partial charge < -0.3 is 24.4 Å². The van der Waals surface area contributed by atoms with Gasteiger partial charge in [0.05, 0.1) is 46.8 Å². The number of methoxy groups -OCH3 is 1. The first-order valence-corrected chi connectivity index (χ1v) is 6.64. The lowest BCUT2D eigenvalue weighted by Gasteiger charge is -2.24.